The summed E-state index contributed by atoms with van der Waals surface area (Å²) in [5, 5.41) is 13.0. The maximum Gasteiger partial charge on any atom is 0.303 e. The molecule has 0 bridgehead atoms. The normalized spacial score (nSPS) is 15.1. The molecule has 5 heteroatoms. The molecule has 0 saturated carbocycles. The van der Waals surface area contributed by atoms with Crippen molar-refractivity contribution in [2.75, 3.05) is 18.8 Å². The highest BCUT2D eigenvalue weighted by molar-refractivity contribution is 7.99. The average molecular weight is 425 g/mol. The van der Waals surface area contributed by atoms with Gasteiger partial charge in [0.05, 0.1) is 6.42 Å². The van der Waals surface area contributed by atoms with Gasteiger partial charge in [0.2, 0.25) is 0 Å². The van der Waals surface area contributed by atoms with E-state index in [9.17, 15) is 4.79 Å². The minimum absolute atomic E-state index is 0.146. The van der Waals surface area contributed by atoms with Crippen LogP contribution in [0.1, 0.15) is 73.1 Å². The van der Waals surface area contributed by atoms with Gasteiger partial charge >= 0.3 is 5.97 Å². The Bertz CT molecular complexity index is 527. The van der Waals surface area contributed by atoms with Gasteiger partial charge in [-0.15, -0.1) is 0 Å². The first kappa shape index (κ1) is 27.8. The fourth-order valence-corrected chi connectivity index (χ4v) is 4.24. The molecule has 4 nitrogen and oxygen atoms in total. The second-order valence-electron chi connectivity index (χ2n) is 8.06. The zero-order chi connectivity index (χ0) is 22.1. The zero-order valence-corrected chi connectivity index (χ0v) is 20.1. The fraction of sp³-hybridized carbons (Fsp3) is 0.708. The lowest BCUT2D eigenvalue weighted by atomic mass is 9.99. The van der Waals surface area contributed by atoms with Gasteiger partial charge < -0.3 is 16.2 Å². The Morgan fingerprint density at radius 2 is 1.90 bits per heavy atom. The first-order valence-corrected chi connectivity index (χ1v) is 12.2. The van der Waals surface area contributed by atoms with Crippen LogP contribution in [0, 0.1) is 11.8 Å². The Morgan fingerprint density at radius 3 is 2.45 bits per heavy atom. The predicted molar refractivity (Wildman–Crippen MR) is 129 cm³/mol. The van der Waals surface area contributed by atoms with Gasteiger partial charge in [-0.3, -0.25) is 4.79 Å². The third kappa shape index (κ3) is 15.3. The van der Waals surface area contributed by atoms with Crippen LogP contribution >= 0.6 is 11.8 Å². The van der Waals surface area contributed by atoms with Crippen molar-refractivity contribution in [3.05, 3.63) is 35.6 Å². The summed E-state index contributed by atoms with van der Waals surface area (Å²) in [7, 11) is 0. The lowest BCUT2D eigenvalue weighted by Gasteiger charge is -2.17. The Labute approximate surface area is 183 Å². The maximum absolute atomic E-state index is 11.0. The van der Waals surface area contributed by atoms with Crippen LogP contribution in [0.2, 0.25) is 0 Å². The van der Waals surface area contributed by atoms with E-state index < -0.39 is 5.97 Å². The van der Waals surface area contributed by atoms with Crippen LogP contribution in [0.3, 0.4) is 0 Å². The van der Waals surface area contributed by atoms with E-state index in [1.54, 1.807) is 0 Å². The summed E-state index contributed by atoms with van der Waals surface area (Å²) in [6, 6.07) is 0. The second-order valence-corrected chi connectivity index (χ2v) is 9.61. The smallest absolute Gasteiger partial charge is 0.303 e. The Morgan fingerprint density at radius 1 is 1.17 bits per heavy atom. The summed E-state index contributed by atoms with van der Waals surface area (Å²) in [6.07, 6.45) is 13.8. The molecule has 4 N–H and O–H groups in total. The average Bonchev–Trinajstić information content (AvgIpc) is 2.64. The van der Waals surface area contributed by atoms with Gasteiger partial charge in [-0.25, -0.2) is 0 Å². The number of carbonyl (C=O) groups is 1. The number of nitrogens with one attached hydrogen (secondary N) is 1. The van der Waals surface area contributed by atoms with Crippen molar-refractivity contribution < 1.29 is 9.90 Å². The lowest BCUT2D eigenvalue weighted by Crippen LogP contribution is -2.16. The molecule has 0 heterocycles. The molecule has 0 amide bonds. The van der Waals surface area contributed by atoms with Gasteiger partial charge in [-0.2, -0.15) is 11.8 Å². The van der Waals surface area contributed by atoms with E-state index in [1.807, 2.05) is 30.8 Å². The molecule has 168 valence electrons. The van der Waals surface area contributed by atoms with Crippen LogP contribution in [0.5, 0.6) is 0 Å². The van der Waals surface area contributed by atoms with Crippen molar-refractivity contribution >= 4 is 17.7 Å². The molecule has 0 aliphatic heterocycles. The first-order valence-electron chi connectivity index (χ1n) is 11.1. The Kier molecular flexibility index (Phi) is 16.9. The number of rotatable bonds is 17. The predicted octanol–water partition coefficient (Wildman–Crippen LogP) is 5.76. The number of aliphatic carboxylic acids is 1. The number of nitrogens with two attached hydrogens (primary N) is 1. The van der Waals surface area contributed by atoms with Gasteiger partial charge in [-0.05, 0) is 67.8 Å². The van der Waals surface area contributed by atoms with Crippen molar-refractivity contribution in [3.63, 3.8) is 0 Å². The highest BCUT2D eigenvalue weighted by atomic mass is 32.2. The summed E-state index contributed by atoms with van der Waals surface area (Å²) in [6.45, 7) is 12.4. The van der Waals surface area contributed by atoms with Crippen molar-refractivity contribution in [2.45, 2.75) is 78.4 Å². The van der Waals surface area contributed by atoms with Crippen molar-refractivity contribution in [3.8, 4) is 0 Å². The van der Waals surface area contributed by atoms with Gasteiger partial charge in [0.15, 0.2) is 0 Å². The van der Waals surface area contributed by atoms with E-state index >= 15 is 0 Å². The van der Waals surface area contributed by atoms with Gasteiger partial charge in [0.25, 0.3) is 0 Å². The molecule has 0 rings (SSSR count). The summed E-state index contributed by atoms with van der Waals surface area (Å²) in [5.74, 6) is 1.18. The third-order valence-corrected chi connectivity index (χ3v) is 6.02. The highest BCUT2D eigenvalue weighted by Gasteiger charge is 2.12. The van der Waals surface area contributed by atoms with E-state index in [0.717, 1.165) is 44.4 Å². The molecule has 0 spiro atoms. The molecule has 0 aliphatic carbocycles. The lowest BCUT2D eigenvalue weighted by molar-refractivity contribution is -0.137. The van der Waals surface area contributed by atoms with Crippen LogP contribution in [-0.2, 0) is 4.79 Å². The summed E-state index contributed by atoms with van der Waals surface area (Å²) >= 11 is 1.97. The van der Waals surface area contributed by atoms with E-state index in [0.29, 0.717) is 17.7 Å². The fourth-order valence-electron chi connectivity index (χ4n) is 3.20. The molecule has 29 heavy (non-hydrogen) atoms. The molecular weight excluding hydrogens is 380 g/mol. The van der Waals surface area contributed by atoms with Crippen LogP contribution in [0.25, 0.3) is 0 Å². The van der Waals surface area contributed by atoms with E-state index in [-0.39, 0.29) is 12.3 Å². The standard InChI is InChI=1S/C24H44N2O2S/c1-6-9-21(16-24(27)28)11-8-14-29-20(5)15-22(10-7-2)23(17-25)18-26-13-12-19(3)4/h6,9-10,18-21,26H,7-8,11-17,25H2,1-5H3,(H,27,28)/b9-6-,22-10+,23-18+. The number of allylic oxidation sites excluding steroid dienone is 3. The number of thioether (sulfide) groups is 1. The molecule has 0 saturated heterocycles. The Balaban J connectivity index is 4.54. The molecule has 2 unspecified atom stereocenters. The zero-order valence-electron chi connectivity index (χ0n) is 19.2. The largest absolute Gasteiger partial charge is 0.481 e. The summed E-state index contributed by atoms with van der Waals surface area (Å²) in [4.78, 5) is 11.0. The minimum atomic E-state index is -0.716. The summed E-state index contributed by atoms with van der Waals surface area (Å²) in [5.41, 5.74) is 8.59. The highest BCUT2D eigenvalue weighted by Crippen LogP contribution is 2.25. The first-order chi connectivity index (χ1) is 13.8. The minimum Gasteiger partial charge on any atom is -0.481 e. The van der Waals surface area contributed by atoms with Gasteiger partial charge in [-0.1, -0.05) is 45.9 Å². The van der Waals surface area contributed by atoms with Crippen LogP contribution in [0.4, 0.5) is 0 Å². The molecular formula is C24H44N2O2S. The number of hydrogen-bond acceptors (Lipinski definition) is 4. The second kappa shape index (κ2) is 17.6. The molecule has 0 aromatic carbocycles. The molecule has 0 fully saturated rings. The number of carboxylic acid groups (broad SMARTS) is 1. The van der Waals surface area contributed by atoms with Gasteiger partial charge in [0.1, 0.15) is 0 Å². The molecule has 0 aliphatic rings. The van der Waals surface area contributed by atoms with Crippen molar-refractivity contribution in [2.24, 2.45) is 17.6 Å². The molecule has 0 aromatic rings. The van der Waals surface area contributed by atoms with Gasteiger partial charge in [0, 0.05) is 24.5 Å². The molecule has 0 aromatic heterocycles. The van der Waals surface area contributed by atoms with Crippen LogP contribution in [0.15, 0.2) is 35.6 Å². The number of carboxylic acids is 1. The third-order valence-electron chi connectivity index (χ3n) is 4.76. The number of hydrogen-bond donors (Lipinski definition) is 3. The SMILES string of the molecule is C/C=C\C(CCCSC(C)CC(=C\CC)/C(=C/NCCC(C)C)CN)CC(=O)O. The van der Waals surface area contributed by atoms with E-state index in [4.69, 9.17) is 10.8 Å². The molecule has 0 radical (unpaired) electrons. The van der Waals surface area contributed by atoms with E-state index in [1.165, 1.54) is 11.1 Å². The van der Waals surface area contributed by atoms with E-state index in [2.05, 4.69) is 45.3 Å². The monoisotopic (exact) mass is 424 g/mol. The maximum atomic E-state index is 11.0. The van der Waals surface area contributed by atoms with Crippen LogP contribution in [-0.4, -0.2) is 35.2 Å². The van der Waals surface area contributed by atoms with Crippen molar-refractivity contribution in [1.82, 2.24) is 5.32 Å². The van der Waals surface area contributed by atoms with Crippen molar-refractivity contribution in [1.29, 1.82) is 0 Å². The molecule has 2 atom stereocenters. The quantitative estimate of drug-likeness (QED) is 0.157. The Hall–Kier alpha value is -1.20. The topological polar surface area (TPSA) is 75.3 Å². The summed E-state index contributed by atoms with van der Waals surface area (Å²) < 4.78 is 0. The van der Waals surface area contributed by atoms with Crippen LogP contribution < -0.4 is 11.1 Å².